The number of methoxy groups -OCH3 is 1. The molecule has 0 radical (unpaired) electrons. The van der Waals surface area contributed by atoms with E-state index in [4.69, 9.17) is 37.7 Å². The molecular weight excluding hydrogens is 496 g/mol. The SMILES string of the molecule is COc1cc(/C=C2\SC(=S)N(Cc3ccco3)C2=O)ccc1OCC(=O)Nc1ccc(Cl)cc1. The van der Waals surface area contributed by atoms with E-state index in [0.29, 0.717) is 37.2 Å². The summed E-state index contributed by atoms with van der Waals surface area (Å²) in [6.45, 7) is 0.0763. The number of hydrogen-bond donors (Lipinski definition) is 1. The number of benzene rings is 2. The number of halogens is 1. The molecule has 1 fully saturated rings. The average Bonchev–Trinajstić information content (AvgIpc) is 3.44. The van der Waals surface area contributed by atoms with E-state index < -0.39 is 0 Å². The highest BCUT2D eigenvalue weighted by Crippen LogP contribution is 2.35. The van der Waals surface area contributed by atoms with Crippen LogP contribution in [0.5, 0.6) is 11.5 Å². The molecule has 10 heteroatoms. The summed E-state index contributed by atoms with van der Waals surface area (Å²) < 4.78 is 16.8. The van der Waals surface area contributed by atoms with Crippen molar-refractivity contribution < 1.29 is 23.5 Å². The molecule has 1 aromatic heterocycles. The number of thiocarbonyl (C=S) groups is 1. The van der Waals surface area contributed by atoms with Crippen LogP contribution >= 0.6 is 35.6 Å². The predicted octanol–water partition coefficient (Wildman–Crippen LogP) is 5.36. The van der Waals surface area contributed by atoms with Crippen LogP contribution in [0.15, 0.2) is 70.2 Å². The summed E-state index contributed by atoms with van der Waals surface area (Å²) in [6.07, 6.45) is 3.29. The van der Waals surface area contributed by atoms with E-state index >= 15 is 0 Å². The highest BCUT2D eigenvalue weighted by atomic mass is 35.5. The van der Waals surface area contributed by atoms with E-state index in [1.165, 1.54) is 23.8 Å². The molecule has 0 atom stereocenters. The van der Waals surface area contributed by atoms with Gasteiger partial charge in [-0.2, -0.15) is 0 Å². The minimum atomic E-state index is -0.325. The summed E-state index contributed by atoms with van der Waals surface area (Å²) in [5, 5.41) is 3.31. The molecule has 2 heterocycles. The number of anilines is 1. The Labute approximate surface area is 210 Å². The lowest BCUT2D eigenvalue weighted by Gasteiger charge is -2.12. The third kappa shape index (κ3) is 5.80. The van der Waals surface area contributed by atoms with Crippen molar-refractivity contribution in [2.45, 2.75) is 6.54 Å². The van der Waals surface area contributed by atoms with Gasteiger partial charge in [-0.3, -0.25) is 14.5 Å². The largest absolute Gasteiger partial charge is 0.493 e. The quantitative estimate of drug-likeness (QED) is 0.320. The standard InChI is InChI=1S/C24H19ClN2O5S2/c1-30-20-11-15(12-21-23(29)27(24(33)34-21)13-18-3-2-10-31-18)4-9-19(20)32-14-22(28)26-17-7-5-16(25)6-8-17/h2-12H,13-14H2,1H3,(H,26,28)/b21-12-. The Morgan fingerprint density at radius 1 is 1.21 bits per heavy atom. The number of nitrogens with one attached hydrogen (secondary N) is 1. The predicted molar refractivity (Wildman–Crippen MR) is 136 cm³/mol. The first kappa shape index (κ1) is 23.9. The number of carbonyl (C=O) groups is 2. The van der Waals surface area contributed by atoms with Gasteiger partial charge in [-0.05, 0) is 60.2 Å². The number of nitrogens with zero attached hydrogens (tertiary/aromatic N) is 1. The molecule has 0 bridgehead atoms. The maximum atomic E-state index is 12.8. The van der Waals surface area contributed by atoms with E-state index in [9.17, 15) is 9.59 Å². The first-order chi connectivity index (χ1) is 16.4. The van der Waals surface area contributed by atoms with Gasteiger partial charge in [0.2, 0.25) is 0 Å². The zero-order chi connectivity index (χ0) is 24.1. The number of rotatable bonds is 8. The number of hydrogen-bond acceptors (Lipinski definition) is 7. The van der Waals surface area contributed by atoms with Crippen molar-refractivity contribution in [3.05, 3.63) is 82.1 Å². The number of carbonyl (C=O) groups excluding carboxylic acids is 2. The second kappa shape index (κ2) is 10.8. The van der Waals surface area contributed by atoms with Crippen molar-refractivity contribution in [1.82, 2.24) is 4.90 Å². The number of furan rings is 1. The molecule has 4 rings (SSSR count). The summed E-state index contributed by atoms with van der Waals surface area (Å²) in [6, 6.07) is 15.5. The molecule has 1 saturated heterocycles. The number of thioether (sulfide) groups is 1. The molecule has 3 aromatic rings. The summed E-state index contributed by atoms with van der Waals surface area (Å²) in [4.78, 5) is 27.0. The first-order valence-electron chi connectivity index (χ1n) is 10.1. The Kier molecular flexibility index (Phi) is 7.56. The molecule has 0 aliphatic carbocycles. The van der Waals surface area contributed by atoms with Crippen LogP contribution in [0.25, 0.3) is 6.08 Å². The van der Waals surface area contributed by atoms with Crippen molar-refractivity contribution in [1.29, 1.82) is 0 Å². The van der Waals surface area contributed by atoms with Crippen LogP contribution in [0, 0.1) is 0 Å². The zero-order valence-corrected chi connectivity index (χ0v) is 20.3. The van der Waals surface area contributed by atoms with Gasteiger partial charge in [-0.25, -0.2) is 0 Å². The van der Waals surface area contributed by atoms with Crippen molar-refractivity contribution in [3.63, 3.8) is 0 Å². The summed E-state index contributed by atoms with van der Waals surface area (Å²) in [7, 11) is 1.50. The van der Waals surface area contributed by atoms with Crippen LogP contribution in [0.3, 0.4) is 0 Å². The van der Waals surface area contributed by atoms with Gasteiger partial charge < -0.3 is 19.2 Å². The summed E-state index contributed by atoms with van der Waals surface area (Å²) >= 11 is 12.4. The molecule has 0 spiro atoms. The Hall–Kier alpha value is -3.27. The molecule has 2 amide bonds. The van der Waals surface area contributed by atoms with Gasteiger partial charge in [0.1, 0.15) is 10.1 Å². The van der Waals surface area contributed by atoms with E-state index in [0.717, 1.165) is 5.56 Å². The maximum Gasteiger partial charge on any atom is 0.266 e. The molecule has 7 nitrogen and oxygen atoms in total. The molecule has 174 valence electrons. The third-order valence-corrected chi connectivity index (χ3v) is 6.37. The van der Waals surface area contributed by atoms with Crippen molar-refractivity contribution in [2.24, 2.45) is 0 Å². The van der Waals surface area contributed by atoms with Crippen LogP contribution in [-0.4, -0.2) is 34.8 Å². The molecule has 2 aromatic carbocycles. The smallest absolute Gasteiger partial charge is 0.266 e. The van der Waals surface area contributed by atoms with Crippen LogP contribution in [-0.2, 0) is 16.1 Å². The van der Waals surface area contributed by atoms with Crippen LogP contribution < -0.4 is 14.8 Å². The fourth-order valence-electron chi connectivity index (χ4n) is 3.11. The van der Waals surface area contributed by atoms with Gasteiger partial charge in [0.25, 0.3) is 11.8 Å². The van der Waals surface area contributed by atoms with Gasteiger partial charge in [0, 0.05) is 10.7 Å². The van der Waals surface area contributed by atoms with Crippen molar-refractivity contribution in [3.8, 4) is 11.5 Å². The Morgan fingerprint density at radius 2 is 2.00 bits per heavy atom. The highest BCUT2D eigenvalue weighted by molar-refractivity contribution is 8.26. The second-order valence-corrected chi connectivity index (χ2v) is 9.21. The van der Waals surface area contributed by atoms with E-state index in [1.54, 1.807) is 66.9 Å². The van der Waals surface area contributed by atoms with Gasteiger partial charge in [-0.1, -0.05) is 41.6 Å². The lowest BCUT2D eigenvalue weighted by Crippen LogP contribution is -2.27. The Bertz CT molecular complexity index is 1240. The maximum absolute atomic E-state index is 12.8. The monoisotopic (exact) mass is 514 g/mol. The molecule has 1 N–H and O–H groups in total. The zero-order valence-electron chi connectivity index (χ0n) is 17.9. The molecule has 1 aliphatic heterocycles. The summed E-state index contributed by atoms with van der Waals surface area (Å²) in [5.41, 5.74) is 1.35. The fourth-order valence-corrected chi connectivity index (χ4v) is 4.49. The minimum absolute atomic E-state index is 0.190. The van der Waals surface area contributed by atoms with Crippen LogP contribution in [0.4, 0.5) is 5.69 Å². The number of amides is 2. The van der Waals surface area contributed by atoms with Crippen LogP contribution in [0.1, 0.15) is 11.3 Å². The van der Waals surface area contributed by atoms with Crippen molar-refractivity contribution in [2.75, 3.05) is 19.0 Å². The average molecular weight is 515 g/mol. The lowest BCUT2D eigenvalue weighted by molar-refractivity contribution is -0.122. The van der Waals surface area contributed by atoms with Crippen LogP contribution in [0.2, 0.25) is 5.02 Å². The lowest BCUT2D eigenvalue weighted by atomic mass is 10.2. The Morgan fingerprint density at radius 3 is 2.71 bits per heavy atom. The van der Waals surface area contributed by atoms with E-state index in [-0.39, 0.29) is 25.0 Å². The van der Waals surface area contributed by atoms with E-state index in [2.05, 4.69) is 5.32 Å². The summed E-state index contributed by atoms with van der Waals surface area (Å²) in [5.74, 6) is 0.967. The van der Waals surface area contributed by atoms with Gasteiger partial charge in [-0.15, -0.1) is 0 Å². The van der Waals surface area contributed by atoms with E-state index in [1.807, 2.05) is 0 Å². The molecule has 0 saturated carbocycles. The molecule has 34 heavy (non-hydrogen) atoms. The highest BCUT2D eigenvalue weighted by Gasteiger charge is 2.32. The minimum Gasteiger partial charge on any atom is -0.493 e. The molecule has 1 aliphatic rings. The van der Waals surface area contributed by atoms with Gasteiger partial charge in [0.05, 0.1) is 24.8 Å². The normalized spacial score (nSPS) is 14.5. The first-order valence-corrected chi connectivity index (χ1v) is 11.7. The fraction of sp³-hybridized carbons (Fsp3) is 0.125. The molecular formula is C24H19ClN2O5S2. The number of ether oxygens (including phenoxy) is 2. The topological polar surface area (TPSA) is 81.0 Å². The second-order valence-electron chi connectivity index (χ2n) is 7.10. The Balaban J connectivity index is 1.41. The third-order valence-electron chi connectivity index (χ3n) is 4.74. The van der Waals surface area contributed by atoms with Gasteiger partial charge >= 0.3 is 0 Å². The van der Waals surface area contributed by atoms with Crippen molar-refractivity contribution >= 4 is 63.5 Å². The van der Waals surface area contributed by atoms with Gasteiger partial charge in [0.15, 0.2) is 18.1 Å². The molecule has 0 unspecified atom stereocenters.